The summed E-state index contributed by atoms with van der Waals surface area (Å²) in [4.78, 5) is 0.115. The molecule has 0 amide bonds. The molecule has 0 saturated carbocycles. The second-order valence-electron chi connectivity index (χ2n) is 4.70. The van der Waals surface area contributed by atoms with E-state index in [1.165, 1.54) is 18.2 Å². The summed E-state index contributed by atoms with van der Waals surface area (Å²) in [6, 6.07) is 10.4. The molecule has 0 aromatic heterocycles. The molecule has 0 aliphatic rings. The standard InChI is InChI=1S/C15H16FNO3S/c1-11-7-13(16)9-14(8-11)17-21(18,19)15-5-3-12(4-6-15)10-20-2/h3-9,17H,10H2,1-2H3. The Morgan fingerprint density at radius 3 is 2.38 bits per heavy atom. The fourth-order valence-electron chi connectivity index (χ4n) is 1.94. The van der Waals surface area contributed by atoms with E-state index in [9.17, 15) is 12.8 Å². The Labute approximate surface area is 123 Å². The molecule has 1 N–H and O–H groups in total. The van der Waals surface area contributed by atoms with E-state index >= 15 is 0 Å². The van der Waals surface area contributed by atoms with Gasteiger partial charge >= 0.3 is 0 Å². The molecule has 0 unspecified atom stereocenters. The largest absolute Gasteiger partial charge is 0.380 e. The quantitative estimate of drug-likeness (QED) is 0.923. The molecule has 0 heterocycles. The van der Waals surface area contributed by atoms with Gasteiger partial charge in [0.25, 0.3) is 10.0 Å². The first-order chi connectivity index (χ1) is 9.90. The minimum absolute atomic E-state index is 0.115. The molecule has 0 fully saturated rings. The average molecular weight is 309 g/mol. The molecule has 0 saturated heterocycles. The highest BCUT2D eigenvalue weighted by Crippen LogP contribution is 2.19. The molecule has 0 bridgehead atoms. The van der Waals surface area contributed by atoms with Gasteiger partial charge in [-0.3, -0.25) is 4.72 Å². The summed E-state index contributed by atoms with van der Waals surface area (Å²) >= 11 is 0. The summed E-state index contributed by atoms with van der Waals surface area (Å²) in [7, 11) is -2.17. The fourth-order valence-corrected chi connectivity index (χ4v) is 2.98. The topological polar surface area (TPSA) is 55.4 Å². The highest BCUT2D eigenvalue weighted by Gasteiger charge is 2.14. The molecule has 0 spiro atoms. The van der Waals surface area contributed by atoms with Crippen LogP contribution in [0.2, 0.25) is 0 Å². The number of halogens is 1. The number of aryl methyl sites for hydroxylation is 1. The smallest absolute Gasteiger partial charge is 0.261 e. The highest BCUT2D eigenvalue weighted by molar-refractivity contribution is 7.92. The Morgan fingerprint density at radius 1 is 1.14 bits per heavy atom. The first-order valence-electron chi connectivity index (χ1n) is 6.28. The molecule has 0 aliphatic heterocycles. The van der Waals surface area contributed by atoms with Crippen LogP contribution in [0.25, 0.3) is 0 Å². The Balaban J connectivity index is 2.25. The summed E-state index contributed by atoms with van der Waals surface area (Å²) in [5.74, 6) is -0.483. The van der Waals surface area contributed by atoms with Crippen LogP contribution in [-0.4, -0.2) is 15.5 Å². The van der Waals surface area contributed by atoms with Gasteiger partial charge in [0, 0.05) is 7.11 Å². The summed E-state index contributed by atoms with van der Waals surface area (Å²) < 4.78 is 45.1. The van der Waals surface area contributed by atoms with Crippen LogP contribution < -0.4 is 4.72 Å². The van der Waals surface area contributed by atoms with Crippen molar-refractivity contribution in [2.75, 3.05) is 11.8 Å². The van der Waals surface area contributed by atoms with Crippen LogP contribution in [0.15, 0.2) is 47.4 Å². The van der Waals surface area contributed by atoms with Crippen LogP contribution in [-0.2, 0) is 21.4 Å². The number of methoxy groups -OCH3 is 1. The molecule has 2 aromatic rings. The van der Waals surface area contributed by atoms with E-state index in [4.69, 9.17) is 4.74 Å². The van der Waals surface area contributed by atoms with Crippen molar-refractivity contribution in [2.24, 2.45) is 0 Å². The Kier molecular flexibility index (Phi) is 4.59. The zero-order valence-corrected chi connectivity index (χ0v) is 12.6. The van der Waals surface area contributed by atoms with Gasteiger partial charge in [-0.1, -0.05) is 12.1 Å². The second kappa shape index (κ2) is 6.24. The van der Waals surface area contributed by atoms with Gasteiger partial charge in [0.05, 0.1) is 17.2 Å². The van der Waals surface area contributed by atoms with Gasteiger partial charge in [-0.2, -0.15) is 0 Å². The molecule has 2 aromatic carbocycles. The van der Waals surface area contributed by atoms with Crippen molar-refractivity contribution >= 4 is 15.7 Å². The highest BCUT2D eigenvalue weighted by atomic mass is 32.2. The number of hydrogen-bond donors (Lipinski definition) is 1. The number of rotatable bonds is 5. The maximum Gasteiger partial charge on any atom is 0.261 e. The number of benzene rings is 2. The zero-order valence-electron chi connectivity index (χ0n) is 11.8. The van der Waals surface area contributed by atoms with Crippen LogP contribution in [0.3, 0.4) is 0 Å². The van der Waals surface area contributed by atoms with Crippen molar-refractivity contribution in [1.29, 1.82) is 0 Å². The summed E-state index contributed by atoms with van der Waals surface area (Å²) in [5, 5.41) is 0. The van der Waals surface area contributed by atoms with Crippen molar-refractivity contribution in [2.45, 2.75) is 18.4 Å². The lowest BCUT2D eigenvalue weighted by molar-refractivity contribution is 0.185. The van der Waals surface area contributed by atoms with Crippen LogP contribution in [0, 0.1) is 12.7 Å². The Bertz CT molecular complexity index is 707. The third-order valence-corrected chi connectivity index (χ3v) is 4.24. The predicted molar refractivity (Wildman–Crippen MR) is 79.1 cm³/mol. The number of ether oxygens (including phenoxy) is 1. The number of hydrogen-bond acceptors (Lipinski definition) is 3. The molecular weight excluding hydrogens is 293 g/mol. The fraction of sp³-hybridized carbons (Fsp3) is 0.200. The third-order valence-electron chi connectivity index (χ3n) is 2.84. The number of nitrogens with one attached hydrogen (secondary N) is 1. The summed E-state index contributed by atoms with van der Waals surface area (Å²) in [6.07, 6.45) is 0. The molecule has 0 radical (unpaired) electrons. The van der Waals surface area contributed by atoms with Crippen molar-refractivity contribution in [3.63, 3.8) is 0 Å². The monoisotopic (exact) mass is 309 g/mol. The molecule has 4 nitrogen and oxygen atoms in total. The van der Waals surface area contributed by atoms with E-state index in [-0.39, 0.29) is 10.6 Å². The normalized spacial score (nSPS) is 11.4. The van der Waals surface area contributed by atoms with Gasteiger partial charge in [-0.25, -0.2) is 12.8 Å². The van der Waals surface area contributed by atoms with E-state index in [0.29, 0.717) is 12.2 Å². The van der Waals surface area contributed by atoms with Crippen LogP contribution >= 0.6 is 0 Å². The maximum absolute atomic E-state index is 13.3. The van der Waals surface area contributed by atoms with Crippen LogP contribution in [0.1, 0.15) is 11.1 Å². The number of sulfonamides is 1. The minimum atomic E-state index is -3.74. The first kappa shape index (κ1) is 15.5. The zero-order chi connectivity index (χ0) is 15.5. The second-order valence-corrected chi connectivity index (χ2v) is 6.38. The average Bonchev–Trinajstić information content (AvgIpc) is 2.38. The van der Waals surface area contributed by atoms with Gasteiger partial charge in [-0.15, -0.1) is 0 Å². The minimum Gasteiger partial charge on any atom is -0.380 e. The van der Waals surface area contributed by atoms with E-state index in [1.807, 2.05) is 0 Å². The lowest BCUT2D eigenvalue weighted by atomic mass is 10.2. The van der Waals surface area contributed by atoms with E-state index in [2.05, 4.69) is 4.72 Å². The Hall–Kier alpha value is -1.92. The molecular formula is C15H16FNO3S. The SMILES string of the molecule is COCc1ccc(S(=O)(=O)Nc2cc(C)cc(F)c2)cc1. The molecule has 2 rings (SSSR count). The van der Waals surface area contributed by atoms with Gasteiger partial charge in [-0.05, 0) is 48.4 Å². The molecule has 112 valence electrons. The Morgan fingerprint density at radius 2 is 1.81 bits per heavy atom. The number of anilines is 1. The molecule has 21 heavy (non-hydrogen) atoms. The van der Waals surface area contributed by atoms with Gasteiger partial charge in [0.15, 0.2) is 0 Å². The van der Waals surface area contributed by atoms with Gasteiger partial charge in [0.2, 0.25) is 0 Å². The lowest BCUT2D eigenvalue weighted by Gasteiger charge is -2.09. The summed E-state index contributed by atoms with van der Waals surface area (Å²) in [5.41, 5.74) is 1.72. The van der Waals surface area contributed by atoms with Gasteiger partial charge in [0.1, 0.15) is 5.82 Å². The van der Waals surface area contributed by atoms with Crippen LogP contribution in [0.5, 0.6) is 0 Å². The molecule has 0 atom stereocenters. The van der Waals surface area contributed by atoms with Crippen LogP contribution in [0.4, 0.5) is 10.1 Å². The van der Waals surface area contributed by atoms with E-state index in [1.54, 1.807) is 32.2 Å². The van der Waals surface area contributed by atoms with Crippen molar-refractivity contribution in [3.8, 4) is 0 Å². The van der Waals surface area contributed by atoms with Gasteiger partial charge < -0.3 is 4.74 Å². The first-order valence-corrected chi connectivity index (χ1v) is 7.77. The predicted octanol–water partition coefficient (Wildman–Crippen LogP) is 3.08. The molecule has 6 heteroatoms. The van der Waals surface area contributed by atoms with E-state index in [0.717, 1.165) is 11.6 Å². The van der Waals surface area contributed by atoms with Crippen molar-refractivity contribution in [1.82, 2.24) is 0 Å². The third kappa shape index (κ3) is 4.03. The molecule has 0 aliphatic carbocycles. The van der Waals surface area contributed by atoms with Crippen molar-refractivity contribution < 1.29 is 17.5 Å². The lowest BCUT2D eigenvalue weighted by Crippen LogP contribution is -2.13. The van der Waals surface area contributed by atoms with Crippen molar-refractivity contribution in [3.05, 3.63) is 59.4 Å². The summed E-state index contributed by atoms with van der Waals surface area (Å²) in [6.45, 7) is 2.11. The van der Waals surface area contributed by atoms with E-state index < -0.39 is 15.8 Å². The maximum atomic E-state index is 13.3.